The molecular weight excluding hydrogens is 158 g/mol. The van der Waals surface area contributed by atoms with Gasteiger partial charge in [-0.25, -0.2) is 0 Å². The van der Waals surface area contributed by atoms with Crippen molar-refractivity contribution in [3.05, 3.63) is 11.5 Å². The van der Waals surface area contributed by atoms with Crippen LogP contribution in [0.25, 0.3) is 11.4 Å². The number of hydrogen-bond donors (Lipinski definition) is 1. The molecule has 12 heavy (non-hydrogen) atoms. The largest absolute Gasteiger partial charge is 0.361 e. The maximum absolute atomic E-state index is 4.95. The number of tetrazole rings is 1. The van der Waals surface area contributed by atoms with Crippen LogP contribution in [-0.2, 0) is 0 Å². The summed E-state index contributed by atoms with van der Waals surface area (Å²) < 4.78 is 4.95. The molecule has 2 heterocycles. The zero-order valence-corrected chi connectivity index (χ0v) is 6.70. The van der Waals surface area contributed by atoms with E-state index < -0.39 is 0 Å². The minimum atomic E-state index is 0.520. The highest BCUT2D eigenvalue weighted by atomic mass is 16.5. The number of aryl methyl sites for hydroxylation is 2. The number of H-pyrrole nitrogens is 1. The molecule has 0 saturated heterocycles. The fourth-order valence-electron chi connectivity index (χ4n) is 1.07. The predicted molar refractivity (Wildman–Crippen MR) is 39.1 cm³/mol. The first kappa shape index (κ1) is 6.96. The van der Waals surface area contributed by atoms with Crippen molar-refractivity contribution >= 4 is 0 Å². The van der Waals surface area contributed by atoms with Crippen molar-refractivity contribution < 1.29 is 4.52 Å². The number of rotatable bonds is 1. The molecule has 2 rings (SSSR count). The van der Waals surface area contributed by atoms with Gasteiger partial charge < -0.3 is 4.52 Å². The summed E-state index contributed by atoms with van der Waals surface area (Å²) >= 11 is 0. The molecule has 0 aliphatic rings. The van der Waals surface area contributed by atoms with Crippen molar-refractivity contribution in [3.8, 4) is 11.4 Å². The van der Waals surface area contributed by atoms with E-state index in [0.717, 1.165) is 11.3 Å². The van der Waals surface area contributed by atoms with Crippen LogP contribution in [0.5, 0.6) is 0 Å². The maximum atomic E-state index is 4.95. The Kier molecular flexibility index (Phi) is 1.39. The molecule has 6 heteroatoms. The number of nitrogens with zero attached hydrogens (tertiary/aromatic N) is 4. The molecule has 6 nitrogen and oxygen atoms in total. The number of aromatic amines is 1. The minimum Gasteiger partial charge on any atom is -0.361 e. The quantitative estimate of drug-likeness (QED) is 0.664. The Balaban J connectivity index is 2.60. The van der Waals surface area contributed by atoms with Crippen LogP contribution in [0.3, 0.4) is 0 Å². The Hall–Kier alpha value is -1.72. The molecule has 2 aromatic rings. The van der Waals surface area contributed by atoms with Crippen LogP contribution in [0.2, 0.25) is 0 Å². The summed E-state index contributed by atoms with van der Waals surface area (Å²) in [5.74, 6) is 1.22. The van der Waals surface area contributed by atoms with Crippen molar-refractivity contribution in [2.24, 2.45) is 0 Å². The lowest BCUT2D eigenvalue weighted by molar-refractivity contribution is 0.393. The van der Waals surface area contributed by atoms with Crippen molar-refractivity contribution in [2.75, 3.05) is 0 Å². The smallest absolute Gasteiger partial charge is 0.210 e. The molecule has 0 aliphatic carbocycles. The Morgan fingerprint density at radius 3 is 2.67 bits per heavy atom. The lowest BCUT2D eigenvalue weighted by Crippen LogP contribution is -1.84. The summed E-state index contributed by atoms with van der Waals surface area (Å²) in [5, 5.41) is 17.3. The predicted octanol–water partition coefficient (Wildman–Crippen LogP) is 0.472. The van der Waals surface area contributed by atoms with Gasteiger partial charge in [0.1, 0.15) is 5.76 Å². The van der Waals surface area contributed by atoms with Crippen LogP contribution in [0.1, 0.15) is 11.5 Å². The molecule has 0 spiro atoms. The van der Waals surface area contributed by atoms with Crippen molar-refractivity contribution in [1.29, 1.82) is 0 Å². The summed E-state index contributed by atoms with van der Waals surface area (Å²) in [6, 6.07) is 0. The molecule has 0 saturated carbocycles. The molecule has 1 N–H and O–H groups in total. The summed E-state index contributed by atoms with van der Waals surface area (Å²) in [5.41, 5.74) is 1.58. The third-order valence-electron chi connectivity index (χ3n) is 1.60. The zero-order chi connectivity index (χ0) is 8.55. The summed E-state index contributed by atoms with van der Waals surface area (Å²) in [6.07, 6.45) is 0. The van der Waals surface area contributed by atoms with Gasteiger partial charge in [-0.15, -0.1) is 10.2 Å². The SMILES string of the molecule is Cc1noc(C)c1-c1nn[nH]n1. The van der Waals surface area contributed by atoms with E-state index in [0.29, 0.717) is 11.6 Å². The second-order valence-corrected chi connectivity index (χ2v) is 2.43. The second-order valence-electron chi connectivity index (χ2n) is 2.43. The molecule has 0 aliphatic heterocycles. The highest BCUT2D eigenvalue weighted by Gasteiger charge is 2.14. The molecule has 0 radical (unpaired) electrons. The molecule has 0 atom stereocenters. The third-order valence-corrected chi connectivity index (χ3v) is 1.60. The van der Waals surface area contributed by atoms with Crippen molar-refractivity contribution in [2.45, 2.75) is 13.8 Å². The van der Waals surface area contributed by atoms with E-state index in [1.165, 1.54) is 0 Å². The molecular formula is C6H7N5O. The van der Waals surface area contributed by atoms with Crippen LogP contribution in [0.15, 0.2) is 4.52 Å². The second kappa shape index (κ2) is 2.40. The van der Waals surface area contributed by atoms with Gasteiger partial charge >= 0.3 is 0 Å². The molecule has 0 unspecified atom stereocenters. The van der Waals surface area contributed by atoms with E-state index in [9.17, 15) is 0 Å². The Morgan fingerprint density at radius 2 is 2.17 bits per heavy atom. The van der Waals surface area contributed by atoms with E-state index in [1.807, 2.05) is 13.8 Å². The molecule has 62 valence electrons. The normalized spacial score (nSPS) is 10.5. The Labute approximate surface area is 68.0 Å². The van der Waals surface area contributed by atoms with Crippen LogP contribution in [0.4, 0.5) is 0 Å². The molecule has 2 aromatic heterocycles. The van der Waals surface area contributed by atoms with E-state index in [-0.39, 0.29) is 0 Å². The first-order chi connectivity index (χ1) is 5.79. The lowest BCUT2D eigenvalue weighted by atomic mass is 10.2. The Morgan fingerprint density at radius 1 is 1.33 bits per heavy atom. The van der Waals surface area contributed by atoms with Gasteiger partial charge in [0, 0.05) is 0 Å². The lowest BCUT2D eigenvalue weighted by Gasteiger charge is -1.87. The topological polar surface area (TPSA) is 80.5 Å². The van der Waals surface area contributed by atoms with Gasteiger partial charge in [-0.05, 0) is 19.1 Å². The molecule has 0 fully saturated rings. The summed E-state index contributed by atoms with van der Waals surface area (Å²) in [7, 11) is 0. The Bertz CT molecular complexity index is 357. The van der Waals surface area contributed by atoms with Gasteiger partial charge in [0.25, 0.3) is 0 Å². The monoisotopic (exact) mass is 165 g/mol. The molecule has 0 aromatic carbocycles. The number of nitrogens with one attached hydrogen (secondary N) is 1. The zero-order valence-electron chi connectivity index (χ0n) is 6.70. The van der Waals surface area contributed by atoms with Crippen LogP contribution < -0.4 is 0 Å². The van der Waals surface area contributed by atoms with E-state index >= 15 is 0 Å². The van der Waals surface area contributed by atoms with E-state index in [2.05, 4.69) is 25.8 Å². The van der Waals surface area contributed by atoms with Crippen molar-refractivity contribution in [3.63, 3.8) is 0 Å². The highest BCUT2D eigenvalue weighted by molar-refractivity contribution is 5.58. The number of aromatic nitrogens is 5. The average molecular weight is 165 g/mol. The van der Waals surface area contributed by atoms with Crippen LogP contribution >= 0.6 is 0 Å². The van der Waals surface area contributed by atoms with Gasteiger partial charge in [-0.1, -0.05) is 5.16 Å². The summed E-state index contributed by atoms with van der Waals surface area (Å²) in [6.45, 7) is 3.65. The minimum absolute atomic E-state index is 0.520. The van der Waals surface area contributed by atoms with Crippen LogP contribution in [0, 0.1) is 13.8 Å². The summed E-state index contributed by atoms with van der Waals surface area (Å²) in [4.78, 5) is 0. The molecule has 0 amide bonds. The van der Waals surface area contributed by atoms with E-state index in [4.69, 9.17) is 4.52 Å². The average Bonchev–Trinajstić information content (AvgIpc) is 2.61. The van der Waals surface area contributed by atoms with E-state index in [1.54, 1.807) is 0 Å². The van der Waals surface area contributed by atoms with Gasteiger partial charge in [-0.2, -0.15) is 5.21 Å². The first-order valence-corrected chi connectivity index (χ1v) is 3.45. The van der Waals surface area contributed by atoms with Gasteiger partial charge in [0.15, 0.2) is 0 Å². The first-order valence-electron chi connectivity index (χ1n) is 3.45. The molecule has 0 bridgehead atoms. The fraction of sp³-hybridized carbons (Fsp3) is 0.333. The van der Waals surface area contributed by atoms with Gasteiger partial charge in [0.2, 0.25) is 5.82 Å². The van der Waals surface area contributed by atoms with Crippen molar-refractivity contribution in [1.82, 2.24) is 25.8 Å². The van der Waals surface area contributed by atoms with Crippen LogP contribution in [-0.4, -0.2) is 25.8 Å². The fourth-order valence-corrected chi connectivity index (χ4v) is 1.07. The highest BCUT2D eigenvalue weighted by Crippen LogP contribution is 2.21. The number of hydrogen-bond acceptors (Lipinski definition) is 5. The third kappa shape index (κ3) is 0.884. The standard InChI is InChI=1S/C6H7N5O/c1-3-5(4(2)12-9-3)6-7-10-11-8-6/h1-2H3,(H,7,8,10,11). The van der Waals surface area contributed by atoms with Gasteiger partial charge in [-0.3, -0.25) is 0 Å². The maximum Gasteiger partial charge on any atom is 0.210 e. The van der Waals surface area contributed by atoms with Gasteiger partial charge in [0.05, 0.1) is 11.3 Å².